The van der Waals surface area contributed by atoms with E-state index in [0.717, 1.165) is 23.9 Å². The van der Waals surface area contributed by atoms with Crippen LogP contribution in [0, 0.1) is 11.3 Å². The number of carbonyl (C=O) groups excluding carboxylic acids is 1. The van der Waals surface area contributed by atoms with Gasteiger partial charge in [0.25, 0.3) is 0 Å². The maximum atomic E-state index is 11.0. The van der Waals surface area contributed by atoms with Gasteiger partial charge < -0.3 is 9.64 Å². The average molecular weight is 284 g/mol. The van der Waals surface area contributed by atoms with Crippen molar-refractivity contribution in [1.29, 1.82) is 5.26 Å². The molecule has 4 nitrogen and oxygen atoms in total. The molecule has 1 aromatic carbocycles. The number of allylic oxidation sites excluding steroid dienone is 1. The molecule has 0 N–H and O–H groups in total. The number of benzene rings is 1. The number of carbonyl (C=O) groups is 1. The number of nitriles is 1. The fourth-order valence-electron chi connectivity index (χ4n) is 1.85. The van der Waals surface area contributed by atoms with Crippen LogP contribution >= 0.6 is 0 Å². The lowest BCUT2D eigenvalue weighted by Crippen LogP contribution is -2.27. The van der Waals surface area contributed by atoms with E-state index in [1.807, 2.05) is 37.3 Å². The first kappa shape index (κ1) is 16.5. The largest absolute Gasteiger partial charge is 0.461 e. The first-order valence-corrected chi connectivity index (χ1v) is 6.83. The number of esters is 1. The molecule has 0 amide bonds. The molecule has 0 heterocycles. The van der Waals surface area contributed by atoms with Crippen LogP contribution < -0.4 is 4.90 Å². The minimum atomic E-state index is -0.404. The Hall–Kier alpha value is -2.54. The highest BCUT2D eigenvalue weighted by atomic mass is 16.5. The zero-order valence-corrected chi connectivity index (χ0v) is 12.5. The molecule has 0 unspecified atom stereocenters. The maximum Gasteiger partial charge on any atom is 0.330 e. The average Bonchev–Trinajstić information content (AvgIpc) is 2.52. The van der Waals surface area contributed by atoms with E-state index in [1.54, 1.807) is 6.92 Å². The fraction of sp³-hybridized carbons (Fsp3) is 0.294. The molecule has 0 aliphatic heterocycles. The molecular formula is C17H20N2O2. The summed E-state index contributed by atoms with van der Waals surface area (Å²) in [6, 6.07) is 10.0. The molecule has 0 aromatic heterocycles. The first-order chi connectivity index (χ1) is 10.1. The van der Waals surface area contributed by atoms with E-state index in [2.05, 4.69) is 17.5 Å². The lowest BCUT2D eigenvalue weighted by molar-refractivity contribution is -0.137. The molecule has 0 saturated carbocycles. The molecule has 0 aliphatic carbocycles. The van der Waals surface area contributed by atoms with E-state index in [-0.39, 0.29) is 0 Å². The van der Waals surface area contributed by atoms with E-state index in [9.17, 15) is 4.79 Å². The molecule has 1 rings (SSSR count). The highest BCUT2D eigenvalue weighted by molar-refractivity contribution is 5.81. The van der Waals surface area contributed by atoms with Gasteiger partial charge in [-0.05, 0) is 37.6 Å². The summed E-state index contributed by atoms with van der Waals surface area (Å²) in [5, 5.41) is 8.76. The van der Waals surface area contributed by atoms with Gasteiger partial charge in [-0.1, -0.05) is 18.7 Å². The smallest absolute Gasteiger partial charge is 0.330 e. The van der Waals surface area contributed by atoms with Gasteiger partial charge in [-0.25, -0.2) is 4.79 Å². The Morgan fingerprint density at radius 2 is 2.10 bits per heavy atom. The standard InChI is InChI=1S/C17H20N2O2/c1-4-17(20)21-11-10-19(5-2)16-8-6-15(7-9-16)12-14(3)13-18/h4,6-9,12H,1,5,10-11H2,2-3H3/b14-12-. The van der Waals surface area contributed by atoms with Crippen molar-refractivity contribution >= 4 is 17.7 Å². The van der Waals surface area contributed by atoms with Crippen LogP contribution in [-0.4, -0.2) is 25.7 Å². The summed E-state index contributed by atoms with van der Waals surface area (Å²) in [5.41, 5.74) is 2.72. The van der Waals surface area contributed by atoms with Crippen LogP contribution in [0.3, 0.4) is 0 Å². The topological polar surface area (TPSA) is 53.3 Å². The number of likely N-dealkylation sites (N-methyl/N-ethyl adjacent to an activating group) is 1. The van der Waals surface area contributed by atoms with Crippen LogP contribution in [0.25, 0.3) is 6.08 Å². The maximum absolute atomic E-state index is 11.0. The molecule has 1 aromatic rings. The Balaban J connectivity index is 2.67. The number of nitrogens with zero attached hydrogens (tertiary/aromatic N) is 2. The summed E-state index contributed by atoms with van der Waals surface area (Å²) in [5.74, 6) is -0.404. The van der Waals surface area contributed by atoms with Crippen LogP contribution in [0.2, 0.25) is 0 Å². The highest BCUT2D eigenvalue weighted by Gasteiger charge is 2.05. The molecule has 0 fully saturated rings. The van der Waals surface area contributed by atoms with Gasteiger partial charge in [0.15, 0.2) is 0 Å². The van der Waals surface area contributed by atoms with Crippen molar-refractivity contribution in [2.24, 2.45) is 0 Å². The van der Waals surface area contributed by atoms with Crippen LogP contribution in [0.15, 0.2) is 42.5 Å². The molecule has 0 saturated heterocycles. The predicted octanol–water partition coefficient (Wildman–Crippen LogP) is 3.17. The summed E-state index contributed by atoms with van der Waals surface area (Å²) in [7, 11) is 0. The summed E-state index contributed by atoms with van der Waals surface area (Å²) < 4.78 is 4.99. The van der Waals surface area contributed by atoms with Crippen molar-refractivity contribution in [3.05, 3.63) is 48.1 Å². The van der Waals surface area contributed by atoms with Crippen LogP contribution in [0.1, 0.15) is 19.4 Å². The monoisotopic (exact) mass is 284 g/mol. The van der Waals surface area contributed by atoms with Crippen molar-refractivity contribution < 1.29 is 9.53 Å². The van der Waals surface area contributed by atoms with E-state index in [4.69, 9.17) is 10.00 Å². The molecule has 21 heavy (non-hydrogen) atoms. The third kappa shape index (κ3) is 5.53. The molecule has 110 valence electrons. The van der Waals surface area contributed by atoms with Gasteiger partial charge in [-0.3, -0.25) is 0 Å². The Labute approximate surface area is 125 Å². The molecule has 0 aliphatic rings. The van der Waals surface area contributed by atoms with Crippen molar-refractivity contribution in [3.63, 3.8) is 0 Å². The molecule has 4 heteroatoms. The predicted molar refractivity (Wildman–Crippen MR) is 84.7 cm³/mol. The van der Waals surface area contributed by atoms with E-state index < -0.39 is 5.97 Å². The van der Waals surface area contributed by atoms with Crippen LogP contribution in [-0.2, 0) is 9.53 Å². The van der Waals surface area contributed by atoms with Crippen molar-refractivity contribution in [2.45, 2.75) is 13.8 Å². The van der Waals surface area contributed by atoms with Gasteiger partial charge in [-0.15, -0.1) is 0 Å². The second-order valence-electron chi connectivity index (χ2n) is 4.48. The normalized spacial score (nSPS) is 10.6. The Morgan fingerprint density at radius 3 is 2.62 bits per heavy atom. The summed E-state index contributed by atoms with van der Waals surface area (Å²) in [4.78, 5) is 13.1. The number of ether oxygens (including phenoxy) is 1. The van der Waals surface area contributed by atoms with Gasteiger partial charge in [-0.2, -0.15) is 5.26 Å². The van der Waals surface area contributed by atoms with Crippen molar-refractivity contribution in [3.8, 4) is 6.07 Å². The molecular weight excluding hydrogens is 264 g/mol. The summed E-state index contributed by atoms with van der Waals surface area (Å²) in [6.45, 7) is 8.96. The lowest BCUT2D eigenvalue weighted by atomic mass is 10.1. The first-order valence-electron chi connectivity index (χ1n) is 6.83. The number of hydrogen-bond donors (Lipinski definition) is 0. The second-order valence-corrected chi connectivity index (χ2v) is 4.48. The Kier molecular flexibility index (Phi) is 6.76. The Bertz CT molecular complexity index is 553. The number of anilines is 1. The van der Waals surface area contributed by atoms with E-state index >= 15 is 0 Å². The molecule has 0 spiro atoms. The van der Waals surface area contributed by atoms with Gasteiger partial charge in [0.2, 0.25) is 0 Å². The number of rotatable bonds is 7. The van der Waals surface area contributed by atoms with Gasteiger partial charge in [0, 0.05) is 23.9 Å². The summed E-state index contributed by atoms with van der Waals surface area (Å²) in [6.07, 6.45) is 3.00. The lowest BCUT2D eigenvalue weighted by Gasteiger charge is -2.22. The third-order valence-electron chi connectivity index (χ3n) is 2.97. The summed E-state index contributed by atoms with van der Waals surface area (Å²) >= 11 is 0. The quantitative estimate of drug-likeness (QED) is 0.438. The minimum absolute atomic E-state index is 0.327. The van der Waals surface area contributed by atoms with Crippen LogP contribution in [0.5, 0.6) is 0 Å². The highest BCUT2D eigenvalue weighted by Crippen LogP contribution is 2.16. The Morgan fingerprint density at radius 1 is 1.43 bits per heavy atom. The molecule has 0 atom stereocenters. The number of hydrogen-bond acceptors (Lipinski definition) is 4. The zero-order chi connectivity index (χ0) is 15.7. The van der Waals surface area contributed by atoms with E-state index in [0.29, 0.717) is 18.7 Å². The minimum Gasteiger partial charge on any atom is -0.461 e. The fourth-order valence-corrected chi connectivity index (χ4v) is 1.85. The van der Waals surface area contributed by atoms with Gasteiger partial charge >= 0.3 is 5.97 Å². The molecule has 0 radical (unpaired) electrons. The third-order valence-corrected chi connectivity index (χ3v) is 2.97. The van der Waals surface area contributed by atoms with Gasteiger partial charge in [0.1, 0.15) is 6.61 Å². The van der Waals surface area contributed by atoms with Crippen molar-refractivity contribution in [2.75, 3.05) is 24.6 Å². The zero-order valence-electron chi connectivity index (χ0n) is 12.5. The van der Waals surface area contributed by atoms with Crippen molar-refractivity contribution in [1.82, 2.24) is 0 Å². The second kappa shape index (κ2) is 8.60. The van der Waals surface area contributed by atoms with E-state index in [1.165, 1.54) is 0 Å². The SMILES string of the molecule is C=CC(=O)OCCN(CC)c1ccc(/C=C(/C)C#N)cc1. The van der Waals surface area contributed by atoms with Gasteiger partial charge in [0.05, 0.1) is 12.6 Å². The van der Waals surface area contributed by atoms with Crippen LogP contribution in [0.4, 0.5) is 5.69 Å². The molecule has 0 bridgehead atoms.